The van der Waals surface area contributed by atoms with Crippen molar-refractivity contribution in [2.75, 3.05) is 18.0 Å². The molecular formula is C21H26N6O3. The molecule has 1 aliphatic rings. The maximum Gasteiger partial charge on any atom is 0.329 e. The predicted molar refractivity (Wildman–Crippen MR) is 114 cm³/mol. The number of carbonyl (C=O) groups is 1. The average Bonchev–Trinajstić information content (AvgIpc) is 3.13. The van der Waals surface area contributed by atoms with Crippen molar-refractivity contribution in [3.63, 3.8) is 0 Å². The van der Waals surface area contributed by atoms with Crippen molar-refractivity contribution in [3.05, 3.63) is 56.7 Å². The number of fused-ring (bicyclic) bond motifs is 1. The van der Waals surface area contributed by atoms with E-state index in [2.05, 4.69) is 27.0 Å². The number of hydrogen-bond donors (Lipinski definition) is 2. The number of carbonyl (C=O) groups excluding carboxylic acids is 1. The van der Waals surface area contributed by atoms with Gasteiger partial charge < -0.3 is 15.2 Å². The van der Waals surface area contributed by atoms with Crippen LogP contribution in [0.2, 0.25) is 0 Å². The molecule has 0 bridgehead atoms. The van der Waals surface area contributed by atoms with Crippen LogP contribution in [0.4, 0.5) is 5.95 Å². The van der Waals surface area contributed by atoms with Gasteiger partial charge in [0.15, 0.2) is 11.2 Å². The molecule has 1 fully saturated rings. The third-order valence-corrected chi connectivity index (χ3v) is 5.86. The fraction of sp³-hybridized carbons (Fsp3) is 0.429. The summed E-state index contributed by atoms with van der Waals surface area (Å²) in [4.78, 5) is 45.3. The van der Waals surface area contributed by atoms with Crippen LogP contribution < -0.4 is 21.9 Å². The van der Waals surface area contributed by atoms with Crippen molar-refractivity contribution in [3.8, 4) is 0 Å². The van der Waals surface area contributed by atoms with Crippen molar-refractivity contribution >= 4 is 23.0 Å². The summed E-state index contributed by atoms with van der Waals surface area (Å²) in [6.45, 7) is 1.85. The van der Waals surface area contributed by atoms with Crippen LogP contribution in [-0.2, 0) is 24.8 Å². The number of hydrogen-bond acceptors (Lipinski definition) is 5. The Hall–Kier alpha value is -3.36. The van der Waals surface area contributed by atoms with Crippen molar-refractivity contribution in [2.45, 2.75) is 32.2 Å². The Balaban J connectivity index is 1.68. The molecule has 9 heteroatoms. The first kappa shape index (κ1) is 19.9. The minimum atomic E-state index is -0.486. The van der Waals surface area contributed by atoms with Crippen LogP contribution >= 0.6 is 0 Å². The lowest BCUT2D eigenvalue weighted by Crippen LogP contribution is -2.39. The number of H-pyrrole nitrogens is 1. The second kappa shape index (κ2) is 8.17. The Bertz CT molecular complexity index is 1170. The number of nitrogens with two attached hydrogens (primary N) is 1. The van der Waals surface area contributed by atoms with E-state index in [0.717, 1.165) is 12.8 Å². The second-order valence-corrected chi connectivity index (χ2v) is 7.81. The number of rotatable bonds is 6. The molecule has 158 valence electrons. The van der Waals surface area contributed by atoms with Crippen LogP contribution in [0.3, 0.4) is 0 Å². The van der Waals surface area contributed by atoms with Gasteiger partial charge in [-0.15, -0.1) is 0 Å². The summed E-state index contributed by atoms with van der Waals surface area (Å²) in [5.74, 6) is 0.252. The number of benzene rings is 1. The Morgan fingerprint density at radius 1 is 1.20 bits per heavy atom. The van der Waals surface area contributed by atoms with E-state index >= 15 is 0 Å². The number of primary amides is 1. The summed E-state index contributed by atoms with van der Waals surface area (Å²) < 4.78 is 3.27. The molecule has 0 radical (unpaired) electrons. The maximum atomic E-state index is 12.6. The zero-order chi connectivity index (χ0) is 21.3. The normalized spacial score (nSPS) is 15.0. The molecule has 3 heterocycles. The van der Waals surface area contributed by atoms with E-state index in [9.17, 15) is 14.4 Å². The largest absolute Gasteiger partial charge is 0.369 e. The van der Waals surface area contributed by atoms with Gasteiger partial charge in [0.25, 0.3) is 5.56 Å². The third kappa shape index (κ3) is 3.74. The minimum absolute atomic E-state index is 0.134. The van der Waals surface area contributed by atoms with Crippen molar-refractivity contribution < 1.29 is 4.79 Å². The van der Waals surface area contributed by atoms with E-state index in [-0.39, 0.29) is 11.8 Å². The highest BCUT2D eigenvalue weighted by Gasteiger charge is 2.27. The Labute approximate surface area is 173 Å². The van der Waals surface area contributed by atoms with Crippen molar-refractivity contribution in [1.82, 2.24) is 19.1 Å². The van der Waals surface area contributed by atoms with Gasteiger partial charge in [-0.3, -0.25) is 19.1 Å². The number of nitrogens with one attached hydrogen (secondary N) is 1. The summed E-state index contributed by atoms with van der Waals surface area (Å²) in [6, 6.07) is 10.2. The molecule has 3 N–H and O–H groups in total. The van der Waals surface area contributed by atoms with E-state index in [4.69, 9.17) is 5.73 Å². The molecule has 0 saturated carbocycles. The van der Waals surface area contributed by atoms with E-state index in [1.54, 1.807) is 7.05 Å². The lowest BCUT2D eigenvalue weighted by Gasteiger charge is -2.31. The third-order valence-electron chi connectivity index (χ3n) is 5.86. The molecule has 1 aromatic carbocycles. The van der Waals surface area contributed by atoms with Crippen LogP contribution in [-0.4, -0.2) is 38.1 Å². The number of nitrogens with zero attached hydrogens (tertiary/aromatic N) is 4. The highest BCUT2D eigenvalue weighted by Crippen LogP contribution is 2.25. The first-order valence-electron chi connectivity index (χ1n) is 10.2. The van der Waals surface area contributed by atoms with Gasteiger partial charge in [0.05, 0.1) is 0 Å². The van der Waals surface area contributed by atoms with Crippen molar-refractivity contribution in [2.24, 2.45) is 18.7 Å². The van der Waals surface area contributed by atoms with Crippen LogP contribution in [0.25, 0.3) is 11.2 Å². The van der Waals surface area contributed by atoms with Crippen LogP contribution in [0.1, 0.15) is 24.8 Å². The summed E-state index contributed by atoms with van der Waals surface area (Å²) in [6.07, 6.45) is 2.99. The molecule has 0 aliphatic carbocycles. The topological polar surface area (TPSA) is 119 Å². The smallest absolute Gasteiger partial charge is 0.329 e. The van der Waals surface area contributed by atoms with Gasteiger partial charge in [-0.05, 0) is 31.2 Å². The standard InChI is InChI=1S/C21H26N6O3/c1-25-18-16(19(29)24-21(25)30)27(11-5-8-14-6-3-2-4-7-14)20(23-18)26-12-9-15(10-13-26)17(22)28/h2-4,6-7,15H,5,8-13H2,1H3,(H2,22,28)(H,24,29,30). The van der Waals surface area contributed by atoms with E-state index < -0.39 is 11.2 Å². The molecule has 0 unspecified atom stereocenters. The Kier molecular flexibility index (Phi) is 5.43. The molecule has 4 rings (SSSR count). The zero-order valence-corrected chi connectivity index (χ0v) is 17.0. The molecule has 0 spiro atoms. The van der Waals surface area contributed by atoms with Crippen LogP contribution in [0.15, 0.2) is 39.9 Å². The summed E-state index contributed by atoms with van der Waals surface area (Å²) in [5.41, 5.74) is 6.54. The molecule has 9 nitrogen and oxygen atoms in total. The highest BCUT2D eigenvalue weighted by atomic mass is 16.2. The number of amides is 1. The Morgan fingerprint density at radius 3 is 2.57 bits per heavy atom. The molecule has 2 aromatic heterocycles. The number of piperidine rings is 1. The van der Waals surface area contributed by atoms with Gasteiger partial charge in [-0.1, -0.05) is 30.3 Å². The highest BCUT2D eigenvalue weighted by molar-refractivity contribution is 5.77. The molecule has 30 heavy (non-hydrogen) atoms. The number of imidazole rings is 1. The quantitative estimate of drug-likeness (QED) is 0.622. The Morgan fingerprint density at radius 2 is 1.90 bits per heavy atom. The van der Waals surface area contributed by atoms with E-state index in [1.165, 1.54) is 10.1 Å². The fourth-order valence-corrected chi connectivity index (χ4v) is 4.13. The molecule has 1 amide bonds. The van der Waals surface area contributed by atoms with Gasteiger partial charge in [0.2, 0.25) is 11.9 Å². The van der Waals surface area contributed by atoms with Crippen molar-refractivity contribution in [1.29, 1.82) is 0 Å². The molecular weight excluding hydrogens is 384 g/mol. The number of aromatic amines is 1. The summed E-state index contributed by atoms with van der Waals surface area (Å²) in [7, 11) is 1.60. The monoisotopic (exact) mass is 410 g/mol. The molecule has 0 atom stereocenters. The fourth-order valence-electron chi connectivity index (χ4n) is 4.13. The predicted octanol–water partition coefficient (Wildman–Crippen LogP) is 0.758. The van der Waals surface area contributed by atoms with Gasteiger partial charge >= 0.3 is 5.69 Å². The van der Waals surface area contributed by atoms with Crippen LogP contribution in [0.5, 0.6) is 0 Å². The van der Waals surface area contributed by atoms with E-state index in [1.807, 2.05) is 22.8 Å². The van der Waals surface area contributed by atoms with E-state index in [0.29, 0.717) is 49.6 Å². The van der Waals surface area contributed by atoms with Gasteiger partial charge in [-0.25, -0.2) is 4.79 Å². The van der Waals surface area contributed by atoms with Crippen LogP contribution in [0, 0.1) is 5.92 Å². The first-order valence-corrected chi connectivity index (χ1v) is 10.2. The SMILES string of the molecule is Cn1c(=O)[nH]c(=O)c2c1nc(N1CCC(C(N)=O)CC1)n2CCCc1ccccc1. The average molecular weight is 410 g/mol. The lowest BCUT2D eigenvalue weighted by atomic mass is 9.96. The maximum absolute atomic E-state index is 12.6. The zero-order valence-electron chi connectivity index (χ0n) is 17.0. The molecule has 3 aromatic rings. The summed E-state index contributed by atoms with van der Waals surface area (Å²) >= 11 is 0. The lowest BCUT2D eigenvalue weighted by molar-refractivity contribution is -0.122. The second-order valence-electron chi connectivity index (χ2n) is 7.81. The molecule has 1 saturated heterocycles. The number of anilines is 1. The molecule has 1 aliphatic heterocycles. The minimum Gasteiger partial charge on any atom is -0.369 e. The van der Waals surface area contributed by atoms with Gasteiger partial charge in [-0.2, -0.15) is 4.98 Å². The van der Waals surface area contributed by atoms with Gasteiger partial charge in [0.1, 0.15) is 0 Å². The first-order chi connectivity index (χ1) is 14.5. The summed E-state index contributed by atoms with van der Waals surface area (Å²) in [5, 5.41) is 0. The number of aromatic nitrogens is 4. The van der Waals surface area contributed by atoms with Gasteiger partial charge in [0, 0.05) is 32.6 Å². The number of aryl methyl sites for hydroxylation is 3.